The van der Waals surface area contributed by atoms with Crippen LogP contribution >= 0.6 is 12.4 Å². The molecule has 3 rings (SSSR count). The van der Waals surface area contributed by atoms with E-state index in [9.17, 15) is 8.42 Å². The van der Waals surface area contributed by atoms with Crippen molar-refractivity contribution in [3.8, 4) is 11.5 Å². The van der Waals surface area contributed by atoms with Gasteiger partial charge in [-0.2, -0.15) is 0 Å². The molecular weight excluding hydrogens is 328 g/mol. The predicted molar refractivity (Wildman–Crippen MR) is 85.5 cm³/mol. The maximum atomic E-state index is 12.4. The maximum Gasteiger partial charge on any atom is 0.240 e. The molecule has 0 aromatic heterocycles. The molecule has 1 aromatic carbocycles. The van der Waals surface area contributed by atoms with E-state index in [1.54, 1.807) is 18.2 Å². The Hall–Kier alpha value is -1.02. The average Bonchev–Trinajstić information content (AvgIpc) is 2.72. The fraction of sp³-hybridized carbons (Fsp3) is 0.571. The van der Waals surface area contributed by atoms with Crippen LogP contribution in [0.5, 0.6) is 11.5 Å². The smallest absolute Gasteiger partial charge is 0.240 e. The number of benzene rings is 1. The van der Waals surface area contributed by atoms with E-state index in [2.05, 4.69) is 10.0 Å². The van der Waals surface area contributed by atoms with Gasteiger partial charge in [0.2, 0.25) is 10.0 Å². The molecule has 0 unspecified atom stereocenters. The van der Waals surface area contributed by atoms with Gasteiger partial charge in [0.05, 0.1) is 18.1 Å². The summed E-state index contributed by atoms with van der Waals surface area (Å²) in [4.78, 5) is 0.227. The third-order valence-electron chi connectivity index (χ3n) is 3.69. The molecule has 0 radical (unpaired) electrons. The lowest BCUT2D eigenvalue weighted by Crippen LogP contribution is -2.42. The van der Waals surface area contributed by atoms with Crippen molar-refractivity contribution in [2.45, 2.75) is 30.2 Å². The molecule has 0 spiro atoms. The molecule has 0 amide bonds. The lowest BCUT2D eigenvalue weighted by Gasteiger charge is -2.23. The van der Waals surface area contributed by atoms with Crippen LogP contribution in [0.15, 0.2) is 23.1 Å². The van der Waals surface area contributed by atoms with Crippen molar-refractivity contribution >= 4 is 22.4 Å². The van der Waals surface area contributed by atoms with E-state index in [1.165, 1.54) is 0 Å². The van der Waals surface area contributed by atoms with Gasteiger partial charge in [-0.3, -0.25) is 0 Å². The Morgan fingerprint density at radius 1 is 1.09 bits per heavy atom. The van der Waals surface area contributed by atoms with Crippen molar-refractivity contribution in [3.63, 3.8) is 0 Å². The molecule has 2 aliphatic rings. The molecule has 1 fully saturated rings. The molecule has 6 nitrogen and oxygen atoms in total. The molecule has 2 heterocycles. The molecular formula is C14H21ClN2O4S. The summed E-state index contributed by atoms with van der Waals surface area (Å²) in [7, 11) is -3.52. The zero-order chi connectivity index (χ0) is 14.7. The maximum absolute atomic E-state index is 12.4. The largest absolute Gasteiger partial charge is 0.490 e. The standard InChI is InChI=1S/C14H20N2O4S.ClH/c17-21(18,16-11-4-6-15-7-5-11)12-2-3-13-14(10-12)20-9-1-8-19-13;/h2-3,10-11,15-16H,1,4-9H2;1H. The van der Waals surface area contributed by atoms with Crippen LogP contribution in [0.2, 0.25) is 0 Å². The summed E-state index contributed by atoms with van der Waals surface area (Å²) in [5.74, 6) is 1.11. The predicted octanol–water partition coefficient (Wildman–Crippen LogP) is 1.30. The molecule has 1 saturated heterocycles. The highest BCUT2D eigenvalue weighted by atomic mass is 35.5. The number of rotatable bonds is 3. The highest BCUT2D eigenvalue weighted by molar-refractivity contribution is 7.89. The third kappa shape index (κ3) is 4.04. The summed E-state index contributed by atoms with van der Waals surface area (Å²) in [5, 5.41) is 3.22. The first-order chi connectivity index (χ1) is 10.1. The quantitative estimate of drug-likeness (QED) is 0.861. The number of hydrogen-bond acceptors (Lipinski definition) is 5. The Morgan fingerprint density at radius 3 is 2.50 bits per heavy atom. The minimum Gasteiger partial charge on any atom is -0.490 e. The minimum absolute atomic E-state index is 0. The van der Waals surface area contributed by atoms with Crippen LogP contribution in [0.1, 0.15) is 19.3 Å². The third-order valence-corrected chi connectivity index (χ3v) is 5.21. The number of hydrogen-bond donors (Lipinski definition) is 2. The van der Waals surface area contributed by atoms with E-state index in [0.717, 1.165) is 32.4 Å². The number of nitrogens with one attached hydrogen (secondary N) is 2. The highest BCUT2D eigenvalue weighted by Gasteiger charge is 2.23. The second kappa shape index (κ2) is 7.50. The number of piperidine rings is 1. The fourth-order valence-electron chi connectivity index (χ4n) is 2.54. The van der Waals surface area contributed by atoms with E-state index < -0.39 is 10.0 Å². The van der Waals surface area contributed by atoms with E-state index in [1.807, 2.05) is 0 Å². The Balaban J connectivity index is 0.00000176. The van der Waals surface area contributed by atoms with E-state index in [-0.39, 0.29) is 23.3 Å². The van der Waals surface area contributed by atoms with Gasteiger partial charge in [-0.1, -0.05) is 0 Å². The van der Waals surface area contributed by atoms with Gasteiger partial charge in [-0.15, -0.1) is 12.4 Å². The van der Waals surface area contributed by atoms with Crippen LogP contribution < -0.4 is 19.5 Å². The van der Waals surface area contributed by atoms with Gasteiger partial charge in [-0.05, 0) is 38.1 Å². The molecule has 124 valence electrons. The van der Waals surface area contributed by atoms with Crippen molar-refractivity contribution < 1.29 is 17.9 Å². The fourth-order valence-corrected chi connectivity index (χ4v) is 3.86. The molecule has 2 N–H and O–H groups in total. The molecule has 8 heteroatoms. The van der Waals surface area contributed by atoms with E-state index in [0.29, 0.717) is 24.7 Å². The zero-order valence-corrected chi connectivity index (χ0v) is 13.8. The van der Waals surface area contributed by atoms with Gasteiger partial charge in [0.1, 0.15) is 0 Å². The average molecular weight is 349 g/mol. The van der Waals surface area contributed by atoms with Crippen LogP contribution in [0, 0.1) is 0 Å². The summed E-state index contributed by atoms with van der Waals surface area (Å²) in [5.41, 5.74) is 0. The SMILES string of the molecule is Cl.O=S(=O)(NC1CCNCC1)c1ccc2c(c1)OCCCO2. The molecule has 0 aliphatic carbocycles. The van der Waals surface area contributed by atoms with Gasteiger partial charge in [0.25, 0.3) is 0 Å². The molecule has 0 atom stereocenters. The second-order valence-corrected chi connectivity index (χ2v) is 7.02. The zero-order valence-electron chi connectivity index (χ0n) is 12.2. The number of ether oxygens (including phenoxy) is 2. The van der Waals surface area contributed by atoms with Gasteiger partial charge in [0, 0.05) is 18.5 Å². The van der Waals surface area contributed by atoms with Crippen molar-refractivity contribution in [2.75, 3.05) is 26.3 Å². The normalized spacial score (nSPS) is 19.1. The van der Waals surface area contributed by atoms with Crippen molar-refractivity contribution in [1.29, 1.82) is 0 Å². The number of sulfonamides is 1. The molecule has 1 aromatic rings. The summed E-state index contributed by atoms with van der Waals surface area (Å²) < 4.78 is 38.7. The molecule has 22 heavy (non-hydrogen) atoms. The van der Waals surface area contributed by atoms with Crippen LogP contribution in [-0.4, -0.2) is 40.8 Å². The van der Waals surface area contributed by atoms with Crippen LogP contribution in [-0.2, 0) is 10.0 Å². The Kier molecular flexibility index (Phi) is 5.91. The topological polar surface area (TPSA) is 76.7 Å². The minimum atomic E-state index is -3.52. The van der Waals surface area contributed by atoms with Crippen LogP contribution in [0.25, 0.3) is 0 Å². The number of fused-ring (bicyclic) bond motifs is 1. The van der Waals surface area contributed by atoms with Gasteiger partial charge >= 0.3 is 0 Å². The van der Waals surface area contributed by atoms with Gasteiger partial charge in [0.15, 0.2) is 11.5 Å². The van der Waals surface area contributed by atoms with E-state index in [4.69, 9.17) is 9.47 Å². The second-order valence-electron chi connectivity index (χ2n) is 5.30. The van der Waals surface area contributed by atoms with Crippen molar-refractivity contribution in [2.24, 2.45) is 0 Å². The first-order valence-electron chi connectivity index (χ1n) is 7.28. The Bertz CT molecular complexity index is 603. The lowest BCUT2D eigenvalue weighted by molar-refractivity contribution is 0.297. The first-order valence-corrected chi connectivity index (χ1v) is 8.76. The Morgan fingerprint density at radius 2 is 1.77 bits per heavy atom. The summed E-state index contributed by atoms with van der Waals surface area (Å²) in [6, 6.07) is 4.77. The first kappa shape index (κ1) is 17.3. The summed E-state index contributed by atoms with van der Waals surface area (Å²) >= 11 is 0. The van der Waals surface area contributed by atoms with Crippen molar-refractivity contribution in [3.05, 3.63) is 18.2 Å². The summed E-state index contributed by atoms with van der Waals surface area (Å²) in [6.45, 7) is 2.81. The highest BCUT2D eigenvalue weighted by Crippen LogP contribution is 2.32. The number of halogens is 1. The molecule has 0 bridgehead atoms. The summed E-state index contributed by atoms with van der Waals surface area (Å²) in [6.07, 6.45) is 2.41. The van der Waals surface area contributed by atoms with E-state index >= 15 is 0 Å². The lowest BCUT2D eigenvalue weighted by atomic mass is 10.1. The molecule has 0 saturated carbocycles. The monoisotopic (exact) mass is 348 g/mol. The van der Waals surface area contributed by atoms with Crippen LogP contribution in [0.3, 0.4) is 0 Å². The van der Waals surface area contributed by atoms with Gasteiger partial charge in [-0.25, -0.2) is 13.1 Å². The van der Waals surface area contributed by atoms with Crippen LogP contribution in [0.4, 0.5) is 0 Å². The van der Waals surface area contributed by atoms with Crippen molar-refractivity contribution in [1.82, 2.24) is 10.0 Å². The Labute approximate surface area is 137 Å². The van der Waals surface area contributed by atoms with Gasteiger partial charge < -0.3 is 14.8 Å². The molecule has 2 aliphatic heterocycles.